The van der Waals surface area contributed by atoms with Crippen molar-refractivity contribution in [3.05, 3.63) is 23.2 Å². The van der Waals surface area contributed by atoms with E-state index in [2.05, 4.69) is 5.32 Å². The van der Waals surface area contributed by atoms with Crippen molar-refractivity contribution in [2.24, 2.45) is 5.92 Å². The molecule has 116 valence electrons. The molecule has 0 radical (unpaired) electrons. The number of thioether (sulfide) groups is 1. The van der Waals surface area contributed by atoms with Crippen LogP contribution in [0, 0.1) is 5.92 Å². The van der Waals surface area contributed by atoms with E-state index in [4.69, 9.17) is 21.4 Å². The number of carboxylic acid groups (broad SMARTS) is 1. The van der Waals surface area contributed by atoms with Crippen LogP contribution in [-0.2, 0) is 9.59 Å². The molecule has 1 atom stereocenters. The van der Waals surface area contributed by atoms with Gasteiger partial charge in [0.15, 0.2) is 0 Å². The summed E-state index contributed by atoms with van der Waals surface area (Å²) in [4.78, 5) is 22.9. The fourth-order valence-corrected chi connectivity index (χ4v) is 2.84. The Morgan fingerprint density at radius 2 is 2.10 bits per heavy atom. The first-order chi connectivity index (χ1) is 9.85. The minimum absolute atomic E-state index is 0.0456. The number of hydrogen-bond donors (Lipinski definition) is 2. The van der Waals surface area contributed by atoms with Gasteiger partial charge in [-0.3, -0.25) is 9.59 Å². The number of halogens is 1. The van der Waals surface area contributed by atoms with Crippen molar-refractivity contribution >= 4 is 40.9 Å². The lowest BCUT2D eigenvalue weighted by atomic mass is 10.1. The molecule has 1 unspecified atom stereocenters. The molecule has 0 aliphatic rings. The quantitative estimate of drug-likeness (QED) is 0.802. The average Bonchev–Trinajstić information content (AvgIpc) is 2.38. The number of benzene rings is 1. The van der Waals surface area contributed by atoms with Crippen molar-refractivity contribution < 1.29 is 19.4 Å². The van der Waals surface area contributed by atoms with E-state index in [0.29, 0.717) is 16.5 Å². The highest BCUT2D eigenvalue weighted by Crippen LogP contribution is 2.27. The SMILES string of the molecule is COc1ccc(NC(=O)CSC(C(=O)O)C(C)C)cc1Cl. The number of amides is 1. The number of nitrogens with one attached hydrogen (secondary N) is 1. The lowest BCUT2D eigenvalue weighted by Crippen LogP contribution is -2.25. The smallest absolute Gasteiger partial charge is 0.316 e. The Morgan fingerprint density at radius 3 is 2.57 bits per heavy atom. The van der Waals surface area contributed by atoms with Crippen LogP contribution in [-0.4, -0.2) is 35.1 Å². The van der Waals surface area contributed by atoms with Crippen LogP contribution in [0.25, 0.3) is 0 Å². The van der Waals surface area contributed by atoms with E-state index >= 15 is 0 Å². The Balaban J connectivity index is 2.58. The van der Waals surface area contributed by atoms with Gasteiger partial charge in [-0.15, -0.1) is 11.8 Å². The van der Waals surface area contributed by atoms with Gasteiger partial charge in [0.25, 0.3) is 0 Å². The van der Waals surface area contributed by atoms with Crippen molar-refractivity contribution in [2.75, 3.05) is 18.2 Å². The minimum atomic E-state index is -0.907. The van der Waals surface area contributed by atoms with Crippen molar-refractivity contribution in [2.45, 2.75) is 19.1 Å². The van der Waals surface area contributed by atoms with Crippen LogP contribution in [0.4, 0.5) is 5.69 Å². The molecule has 7 heteroatoms. The van der Waals surface area contributed by atoms with Gasteiger partial charge in [0.1, 0.15) is 11.0 Å². The molecule has 0 aliphatic carbocycles. The van der Waals surface area contributed by atoms with Crippen LogP contribution in [0.3, 0.4) is 0 Å². The molecule has 5 nitrogen and oxygen atoms in total. The summed E-state index contributed by atoms with van der Waals surface area (Å²) < 4.78 is 5.02. The molecule has 0 saturated carbocycles. The molecule has 0 saturated heterocycles. The topological polar surface area (TPSA) is 75.6 Å². The normalized spacial score (nSPS) is 12.0. The second-order valence-electron chi connectivity index (χ2n) is 4.71. The molecule has 0 spiro atoms. The average molecular weight is 332 g/mol. The summed E-state index contributed by atoms with van der Waals surface area (Å²) >= 11 is 7.07. The zero-order valence-corrected chi connectivity index (χ0v) is 13.6. The molecule has 1 aromatic rings. The van der Waals surface area contributed by atoms with E-state index in [1.54, 1.807) is 18.2 Å². The highest BCUT2D eigenvalue weighted by Gasteiger charge is 2.22. The molecule has 1 rings (SSSR count). The molecule has 0 fully saturated rings. The van der Waals surface area contributed by atoms with E-state index in [-0.39, 0.29) is 17.6 Å². The molecule has 0 aromatic heterocycles. The lowest BCUT2D eigenvalue weighted by Gasteiger charge is -2.15. The van der Waals surface area contributed by atoms with Gasteiger partial charge in [-0.2, -0.15) is 0 Å². The fraction of sp³-hybridized carbons (Fsp3) is 0.429. The monoisotopic (exact) mass is 331 g/mol. The molecule has 0 aliphatic heterocycles. The van der Waals surface area contributed by atoms with Gasteiger partial charge in [0, 0.05) is 5.69 Å². The Bertz CT molecular complexity index is 522. The number of carbonyl (C=O) groups is 2. The van der Waals surface area contributed by atoms with E-state index < -0.39 is 11.2 Å². The molecule has 1 aromatic carbocycles. The Kier molecular flexibility index (Phi) is 6.84. The van der Waals surface area contributed by atoms with Gasteiger partial charge >= 0.3 is 5.97 Å². The third-order valence-electron chi connectivity index (χ3n) is 2.68. The standard InChI is InChI=1S/C14H18ClNO4S/c1-8(2)13(14(18)19)21-7-12(17)16-9-4-5-11(20-3)10(15)6-9/h4-6,8,13H,7H2,1-3H3,(H,16,17)(H,18,19). The van der Waals surface area contributed by atoms with E-state index in [1.807, 2.05) is 13.8 Å². The Morgan fingerprint density at radius 1 is 1.43 bits per heavy atom. The number of hydrogen-bond acceptors (Lipinski definition) is 4. The second kappa shape index (κ2) is 8.14. The van der Waals surface area contributed by atoms with Gasteiger partial charge < -0.3 is 15.2 Å². The predicted octanol–water partition coefficient (Wildman–Crippen LogP) is 3.13. The first-order valence-corrected chi connectivity index (χ1v) is 7.75. The zero-order valence-electron chi connectivity index (χ0n) is 12.1. The highest BCUT2D eigenvalue weighted by atomic mass is 35.5. The number of aliphatic carboxylic acids is 1. The number of anilines is 1. The van der Waals surface area contributed by atoms with Crippen LogP contribution in [0.5, 0.6) is 5.75 Å². The summed E-state index contributed by atoms with van der Waals surface area (Å²) in [5.41, 5.74) is 0.544. The minimum Gasteiger partial charge on any atom is -0.495 e. The summed E-state index contributed by atoms with van der Waals surface area (Å²) in [5.74, 6) is -0.632. The molecule has 1 amide bonds. The third-order valence-corrected chi connectivity index (χ3v) is 4.51. The van der Waals surface area contributed by atoms with E-state index in [0.717, 1.165) is 11.8 Å². The number of rotatable bonds is 7. The largest absolute Gasteiger partial charge is 0.495 e. The van der Waals surface area contributed by atoms with Crippen molar-refractivity contribution in [3.63, 3.8) is 0 Å². The van der Waals surface area contributed by atoms with Crippen molar-refractivity contribution in [1.29, 1.82) is 0 Å². The molecule has 2 N–H and O–H groups in total. The summed E-state index contributed by atoms with van der Waals surface area (Å²) in [7, 11) is 1.51. The van der Waals surface area contributed by atoms with E-state index in [9.17, 15) is 9.59 Å². The molecule has 21 heavy (non-hydrogen) atoms. The Hall–Kier alpha value is -1.40. The molecular weight excluding hydrogens is 314 g/mol. The lowest BCUT2D eigenvalue weighted by molar-refractivity contribution is -0.137. The van der Waals surface area contributed by atoms with Crippen LogP contribution in [0.2, 0.25) is 5.02 Å². The highest BCUT2D eigenvalue weighted by molar-refractivity contribution is 8.01. The van der Waals surface area contributed by atoms with Gasteiger partial charge in [0.2, 0.25) is 5.91 Å². The summed E-state index contributed by atoms with van der Waals surface area (Å²) in [6.07, 6.45) is 0. The fourth-order valence-electron chi connectivity index (χ4n) is 1.66. The first-order valence-electron chi connectivity index (χ1n) is 6.33. The molecular formula is C14H18ClNO4S. The number of methoxy groups -OCH3 is 1. The van der Waals surface area contributed by atoms with Crippen molar-refractivity contribution in [1.82, 2.24) is 0 Å². The molecule has 0 bridgehead atoms. The molecule has 0 heterocycles. The summed E-state index contributed by atoms with van der Waals surface area (Å²) in [6.45, 7) is 3.62. The van der Waals surface area contributed by atoms with Gasteiger partial charge in [-0.25, -0.2) is 0 Å². The van der Waals surface area contributed by atoms with Crippen LogP contribution in [0.15, 0.2) is 18.2 Å². The van der Waals surface area contributed by atoms with Crippen LogP contribution < -0.4 is 10.1 Å². The summed E-state index contributed by atoms with van der Waals surface area (Å²) in [5, 5.41) is 11.5. The maximum atomic E-state index is 11.8. The van der Waals surface area contributed by atoms with Gasteiger partial charge in [-0.05, 0) is 24.1 Å². The number of ether oxygens (including phenoxy) is 1. The van der Waals surface area contributed by atoms with Crippen molar-refractivity contribution in [3.8, 4) is 5.75 Å². The Labute approximate surface area is 133 Å². The third kappa shape index (κ3) is 5.47. The van der Waals surface area contributed by atoms with Gasteiger partial charge in [-0.1, -0.05) is 25.4 Å². The maximum Gasteiger partial charge on any atom is 0.316 e. The van der Waals surface area contributed by atoms with Crippen LogP contribution >= 0.6 is 23.4 Å². The maximum absolute atomic E-state index is 11.8. The second-order valence-corrected chi connectivity index (χ2v) is 6.25. The van der Waals surface area contributed by atoms with Gasteiger partial charge in [0.05, 0.1) is 17.9 Å². The van der Waals surface area contributed by atoms with Crippen LogP contribution in [0.1, 0.15) is 13.8 Å². The summed E-state index contributed by atoms with van der Waals surface area (Å²) in [6, 6.07) is 4.91. The number of carbonyl (C=O) groups excluding carboxylic acids is 1. The first kappa shape index (κ1) is 17.7. The van der Waals surface area contributed by atoms with E-state index in [1.165, 1.54) is 7.11 Å². The zero-order chi connectivity index (χ0) is 16.0. The predicted molar refractivity (Wildman–Crippen MR) is 85.4 cm³/mol. The number of carboxylic acids is 1.